The number of carbonyl (C=O) groups excluding carboxylic acids is 1. The Morgan fingerprint density at radius 3 is 2.74 bits per heavy atom. The number of ether oxygens (including phenoxy) is 1. The van der Waals surface area contributed by atoms with Crippen LogP contribution in [0.2, 0.25) is 0 Å². The summed E-state index contributed by atoms with van der Waals surface area (Å²) in [5.74, 6) is 0.639. The molecule has 0 saturated heterocycles. The average Bonchev–Trinajstić information content (AvgIpc) is 3.29. The molecule has 3 aromatic rings. The van der Waals surface area contributed by atoms with Gasteiger partial charge < -0.3 is 15.0 Å². The van der Waals surface area contributed by atoms with E-state index in [0.29, 0.717) is 18.8 Å². The molecule has 0 spiro atoms. The second kappa shape index (κ2) is 8.79. The van der Waals surface area contributed by atoms with E-state index in [2.05, 4.69) is 20.3 Å². The van der Waals surface area contributed by atoms with Crippen LogP contribution < -0.4 is 10.1 Å². The maximum absolute atomic E-state index is 12.3. The van der Waals surface area contributed by atoms with Crippen molar-refractivity contribution in [2.24, 2.45) is 7.05 Å². The highest BCUT2D eigenvalue weighted by molar-refractivity contribution is 7.13. The molecule has 0 atom stereocenters. The SMILES string of the molecule is CN(C)CCOc1ccc(CNC(=O)c2csc(-c3cnn(C)c3)n2)cc1. The first-order valence-electron chi connectivity index (χ1n) is 8.60. The second-order valence-electron chi connectivity index (χ2n) is 6.42. The van der Waals surface area contributed by atoms with Crippen molar-refractivity contribution in [2.45, 2.75) is 6.54 Å². The van der Waals surface area contributed by atoms with Crippen LogP contribution in [0.25, 0.3) is 10.6 Å². The van der Waals surface area contributed by atoms with E-state index in [1.165, 1.54) is 11.3 Å². The lowest BCUT2D eigenvalue weighted by Gasteiger charge is -2.11. The van der Waals surface area contributed by atoms with Crippen LogP contribution in [0.1, 0.15) is 16.1 Å². The van der Waals surface area contributed by atoms with E-state index in [4.69, 9.17) is 4.74 Å². The Morgan fingerprint density at radius 1 is 1.30 bits per heavy atom. The predicted octanol–water partition coefficient (Wildman–Crippen LogP) is 2.41. The van der Waals surface area contributed by atoms with E-state index in [0.717, 1.165) is 28.4 Å². The number of aromatic nitrogens is 3. The second-order valence-corrected chi connectivity index (χ2v) is 7.28. The largest absolute Gasteiger partial charge is 0.492 e. The fraction of sp³-hybridized carbons (Fsp3) is 0.316. The van der Waals surface area contributed by atoms with Crippen molar-refractivity contribution >= 4 is 17.2 Å². The summed E-state index contributed by atoms with van der Waals surface area (Å²) in [7, 11) is 5.87. The number of likely N-dealkylation sites (N-methyl/N-ethyl adjacent to an activating group) is 1. The van der Waals surface area contributed by atoms with Crippen LogP contribution in [0.4, 0.5) is 0 Å². The number of nitrogens with zero attached hydrogens (tertiary/aromatic N) is 4. The molecular formula is C19H23N5O2S. The number of rotatable bonds is 8. The highest BCUT2D eigenvalue weighted by Crippen LogP contribution is 2.22. The molecule has 0 aliphatic heterocycles. The predicted molar refractivity (Wildman–Crippen MR) is 106 cm³/mol. The van der Waals surface area contributed by atoms with Crippen LogP contribution in [0.15, 0.2) is 42.0 Å². The van der Waals surface area contributed by atoms with Crippen LogP contribution in [-0.2, 0) is 13.6 Å². The normalized spacial score (nSPS) is 11.0. The number of carbonyl (C=O) groups is 1. The first kappa shape index (κ1) is 19.1. The summed E-state index contributed by atoms with van der Waals surface area (Å²) in [6.45, 7) is 1.95. The molecule has 0 unspecified atom stereocenters. The number of hydrogen-bond acceptors (Lipinski definition) is 6. The van der Waals surface area contributed by atoms with Gasteiger partial charge in [-0.1, -0.05) is 12.1 Å². The lowest BCUT2D eigenvalue weighted by Crippen LogP contribution is -2.23. The van der Waals surface area contributed by atoms with Crippen LogP contribution in [0.5, 0.6) is 5.75 Å². The zero-order valence-electron chi connectivity index (χ0n) is 15.7. The number of amides is 1. The third-order valence-corrected chi connectivity index (χ3v) is 4.76. The van der Waals surface area contributed by atoms with Gasteiger partial charge in [-0.05, 0) is 31.8 Å². The molecule has 2 aromatic heterocycles. The van der Waals surface area contributed by atoms with Gasteiger partial charge in [0.05, 0.1) is 6.20 Å². The van der Waals surface area contributed by atoms with E-state index in [1.54, 1.807) is 16.3 Å². The van der Waals surface area contributed by atoms with Crippen molar-refractivity contribution in [3.63, 3.8) is 0 Å². The molecule has 1 aromatic carbocycles. The van der Waals surface area contributed by atoms with Crippen molar-refractivity contribution < 1.29 is 9.53 Å². The molecule has 0 fully saturated rings. The van der Waals surface area contributed by atoms with Gasteiger partial charge in [0.15, 0.2) is 0 Å². The number of nitrogens with one attached hydrogen (secondary N) is 1. The Bertz CT molecular complexity index is 886. The monoisotopic (exact) mass is 385 g/mol. The molecule has 7 nitrogen and oxygen atoms in total. The van der Waals surface area contributed by atoms with Crippen molar-refractivity contribution in [3.05, 3.63) is 53.3 Å². The molecule has 0 saturated carbocycles. The maximum atomic E-state index is 12.3. The highest BCUT2D eigenvalue weighted by Gasteiger charge is 2.12. The zero-order valence-corrected chi connectivity index (χ0v) is 16.5. The molecule has 142 valence electrons. The minimum absolute atomic E-state index is 0.187. The van der Waals surface area contributed by atoms with Gasteiger partial charge in [0, 0.05) is 37.3 Å². The van der Waals surface area contributed by atoms with E-state index in [9.17, 15) is 4.79 Å². The van der Waals surface area contributed by atoms with Gasteiger partial charge in [0.2, 0.25) is 0 Å². The molecule has 0 aliphatic rings. The Balaban J connectivity index is 1.51. The summed E-state index contributed by atoms with van der Waals surface area (Å²) in [6, 6.07) is 7.74. The number of benzene rings is 1. The van der Waals surface area contributed by atoms with Crippen LogP contribution in [0.3, 0.4) is 0 Å². The molecular weight excluding hydrogens is 362 g/mol. The Kier molecular flexibility index (Phi) is 6.20. The number of hydrogen-bond donors (Lipinski definition) is 1. The van der Waals surface area contributed by atoms with Gasteiger partial charge in [-0.2, -0.15) is 5.10 Å². The summed E-state index contributed by atoms with van der Waals surface area (Å²) in [4.78, 5) is 18.8. The Hall–Kier alpha value is -2.71. The van der Waals surface area contributed by atoms with Crippen LogP contribution in [-0.4, -0.2) is 52.8 Å². The van der Waals surface area contributed by atoms with Gasteiger partial charge in [-0.25, -0.2) is 4.98 Å². The molecule has 2 heterocycles. The van der Waals surface area contributed by atoms with Crippen molar-refractivity contribution in [2.75, 3.05) is 27.2 Å². The zero-order chi connectivity index (χ0) is 19.2. The summed E-state index contributed by atoms with van der Waals surface area (Å²) < 4.78 is 7.38. The van der Waals surface area contributed by atoms with Crippen molar-refractivity contribution in [1.82, 2.24) is 25.0 Å². The summed E-state index contributed by atoms with van der Waals surface area (Å²) in [5.41, 5.74) is 2.33. The standard InChI is InChI=1S/C19H23N5O2S/c1-23(2)8-9-26-16-6-4-14(5-7-16)10-20-18(25)17-13-27-19(22-17)15-11-21-24(3)12-15/h4-7,11-13H,8-10H2,1-3H3,(H,20,25). The van der Waals surface area contributed by atoms with Gasteiger partial charge in [0.25, 0.3) is 5.91 Å². The van der Waals surface area contributed by atoms with Gasteiger partial charge in [-0.15, -0.1) is 11.3 Å². The molecule has 3 rings (SSSR count). The fourth-order valence-electron chi connectivity index (χ4n) is 2.36. The molecule has 0 bridgehead atoms. The summed E-state index contributed by atoms with van der Waals surface area (Å²) >= 11 is 1.43. The van der Waals surface area contributed by atoms with Crippen LogP contribution >= 0.6 is 11.3 Å². The van der Waals surface area contributed by atoms with E-state index >= 15 is 0 Å². The minimum atomic E-state index is -0.187. The van der Waals surface area contributed by atoms with Crippen molar-refractivity contribution in [3.8, 4) is 16.3 Å². The van der Waals surface area contributed by atoms with Gasteiger partial charge in [-0.3, -0.25) is 9.48 Å². The average molecular weight is 385 g/mol. The molecule has 1 N–H and O–H groups in total. The summed E-state index contributed by atoms with van der Waals surface area (Å²) in [6.07, 6.45) is 3.62. The fourth-order valence-corrected chi connectivity index (χ4v) is 3.14. The topological polar surface area (TPSA) is 72.3 Å². The van der Waals surface area contributed by atoms with Crippen LogP contribution in [0, 0.1) is 0 Å². The third-order valence-electron chi connectivity index (χ3n) is 3.87. The number of aryl methyl sites for hydroxylation is 1. The Morgan fingerprint density at radius 2 is 2.07 bits per heavy atom. The third kappa shape index (κ3) is 5.38. The summed E-state index contributed by atoms with van der Waals surface area (Å²) in [5, 5.41) is 9.58. The number of thiazole rings is 1. The molecule has 27 heavy (non-hydrogen) atoms. The smallest absolute Gasteiger partial charge is 0.271 e. The van der Waals surface area contributed by atoms with Crippen molar-refractivity contribution in [1.29, 1.82) is 0 Å². The van der Waals surface area contributed by atoms with E-state index in [-0.39, 0.29) is 5.91 Å². The first-order chi connectivity index (χ1) is 13.0. The lowest BCUT2D eigenvalue weighted by molar-refractivity contribution is 0.0946. The first-order valence-corrected chi connectivity index (χ1v) is 9.48. The lowest BCUT2D eigenvalue weighted by atomic mass is 10.2. The highest BCUT2D eigenvalue weighted by atomic mass is 32.1. The Labute approximate surface area is 162 Å². The van der Waals surface area contributed by atoms with E-state index in [1.807, 2.05) is 51.6 Å². The van der Waals surface area contributed by atoms with Gasteiger partial charge >= 0.3 is 0 Å². The minimum Gasteiger partial charge on any atom is -0.492 e. The molecule has 0 aliphatic carbocycles. The molecule has 0 radical (unpaired) electrons. The maximum Gasteiger partial charge on any atom is 0.271 e. The molecule has 1 amide bonds. The van der Waals surface area contributed by atoms with E-state index < -0.39 is 0 Å². The molecule has 8 heteroatoms. The van der Waals surface area contributed by atoms with Gasteiger partial charge in [0.1, 0.15) is 23.1 Å². The quantitative estimate of drug-likeness (QED) is 0.645.